The fourth-order valence-corrected chi connectivity index (χ4v) is 1.75. The molecule has 3 nitrogen and oxygen atoms in total. The van der Waals surface area contributed by atoms with Gasteiger partial charge in [-0.3, -0.25) is 4.79 Å². The number of nitrogen functional groups attached to an aromatic ring is 1. The van der Waals surface area contributed by atoms with E-state index >= 15 is 0 Å². The van der Waals surface area contributed by atoms with Crippen LogP contribution in [0.3, 0.4) is 0 Å². The van der Waals surface area contributed by atoms with Gasteiger partial charge in [-0.2, -0.15) is 8.78 Å². The van der Waals surface area contributed by atoms with Crippen LogP contribution in [0.2, 0.25) is 10.0 Å². The van der Waals surface area contributed by atoms with Crippen molar-refractivity contribution in [3.8, 4) is 0 Å². The van der Waals surface area contributed by atoms with Crippen molar-refractivity contribution in [2.45, 2.75) is 18.8 Å². The Labute approximate surface area is 122 Å². The van der Waals surface area contributed by atoms with Crippen LogP contribution in [0.4, 0.5) is 23.2 Å². The Morgan fingerprint density at radius 3 is 2.35 bits per heavy atom. The third kappa shape index (κ3) is 3.46. The first-order chi connectivity index (χ1) is 8.97. The molecule has 3 N–H and O–H groups in total. The molecule has 1 amide bonds. The highest BCUT2D eigenvalue weighted by Gasteiger charge is 2.52. The highest BCUT2D eigenvalue weighted by atomic mass is 35.5. The lowest BCUT2D eigenvalue weighted by molar-refractivity contribution is -0.192. The first kappa shape index (κ1) is 16.8. The highest BCUT2D eigenvalue weighted by Crippen LogP contribution is 2.33. The maximum absolute atomic E-state index is 13.0. The number of nitrogens with two attached hydrogens (primary N) is 1. The molecule has 0 aliphatic rings. The number of hydrogen-bond acceptors (Lipinski definition) is 2. The number of carbonyl (C=O) groups excluding carboxylic acids is 1. The zero-order chi connectivity index (χ0) is 15.7. The average Bonchev–Trinajstić information content (AvgIpc) is 2.30. The van der Waals surface area contributed by atoms with Gasteiger partial charge < -0.3 is 11.1 Å². The summed E-state index contributed by atoms with van der Waals surface area (Å²) in [6.45, 7) is -1.50. The summed E-state index contributed by atoms with van der Waals surface area (Å²) >= 11 is 11.4. The van der Waals surface area contributed by atoms with E-state index in [-0.39, 0.29) is 28.2 Å². The molecule has 0 aromatic heterocycles. The van der Waals surface area contributed by atoms with E-state index in [4.69, 9.17) is 28.9 Å². The van der Waals surface area contributed by atoms with Crippen molar-refractivity contribution < 1.29 is 22.4 Å². The SMILES string of the molecule is CC(F)(F)C(F)(F)CNC(=O)c1c(Cl)ccc(N)c1Cl. The molecular formula is C11H10Cl2F4N2O. The van der Waals surface area contributed by atoms with Gasteiger partial charge in [0, 0.05) is 6.92 Å². The second kappa shape index (κ2) is 5.65. The van der Waals surface area contributed by atoms with Gasteiger partial charge >= 0.3 is 11.8 Å². The lowest BCUT2D eigenvalue weighted by Gasteiger charge is -2.23. The number of hydrogen-bond donors (Lipinski definition) is 2. The van der Waals surface area contributed by atoms with Crippen LogP contribution in [0, 0.1) is 0 Å². The van der Waals surface area contributed by atoms with Crippen molar-refractivity contribution in [2.24, 2.45) is 0 Å². The molecule has 1 aromatic carbocycles. The van der Waals surface area contributed by atoms with Gasteiger partial charge in [-0.05, 0) is 12.1 Å². The molecule has 0 unspecified atom stereocenters. The largest absolute Gasteiger partial charge is 0.398 e. The summed E-state index contributed by atoms with van der Waals surface area (Å²) in [5, 5.41) is 1.30. The number of amides is 1. The molecule has 1 aromatic rings. The monoisotopic (exact) mass is 332 g/mol. The summed E-state index contributed by atoms with van der Waals surface area (Å²) in [5.74, 6) is -9.79. The van der Waals surface area contributed by atoms with Crippen LogP contribution in [-0.4, -0.2) is 24.3 Å². The lowest BCUT2D eigenvalue weighted by Crippen LogP contribution is -2.47. The van der Waals surface area contributed by atoms with Crippen LogP contribution in [0.1, 0.15) is 17.3 Å². The van der Waals surface area contributed by atoms with Crippen molar-refractivity contribution in [3.05, 3.63) is 27.7 Å². The summed E-state index contributed by atoms with van der Waals surface area (Å²) in [6.07, 6.45) is 0. The van der Waals surface area contributed by atoms with Crippen molar-refractivity contribution in [2.75, 3.05) is 12.3 Å². The molecular weight excluding hydrogens is 323 g/mol. The summed E-state index contributed by atoms with van der Waals surface area (Å²) in [7, 11) is 0. The third-order valence-corrected chi connectivity index (χ3v) is 3.18. The second-order valence-corrected chi connectivity index (χ2v) is 4.89. The molecule has 112 valence electrons. The first-order valence-corrected chi connectivity index (χ1v) is 6.00. The highest BCUT2D eigenvalue weighted by molar-refractivity contribution is 6.41. The summed E-state index contributed by atoms with van der Waals surface area (Å²) in [5.41, 5.74) is 5.10. The molecule has 0 radical (unpaired) electrons. The number of nitrogens with one attached hydrogen (secondary N) is 1. The average molecular weight is 333 g/mol. The van der Waals surface area contributed by atoms with Gasteiger partial charge in [0.15, 0.2) is 0 Å². The van der Waals surface area contributed by atoms with Gasteiger partial charge in [-0.15, -0.1) is 0 Å². The number of alkyl halides is 4. The van der Waals surface area contributed by atoms with Crippen LogP contribution in [-0.2, 0) is 0 Å². The molecule has 0 saturated carbocycles. The van der Waals surface area contributed by atoms with Gasteiger partial charge in [0.25, 0.3) is 5.91 Å². The van der Waals surface area contributed by atoms with Crippen LogP contribution >= 0.6 is 23.2 Å². The van der Waals surface area contributed by atoms with Crippen LogP contribution in [0.15, 0.2) is 12.1 Å². The van der Waals surface area contributed by atoms with E-state index < -0.39 is 24.3 Å². The molecule has 0 aliphatic carbocycles. The Bertz CT molecular complexity index is 532. The zero-order valence-corrected chi connectivity index (χ0v) is 11.6. The van der Waals surface area contributed by atoms with Gasteiger partial charge in [0.1, 0.15) is 0 Å². The molecule has 0 atom stereocenters. The standard InChI is InChI=1S/C11H10Cl2F4N2O/c1-10(14,15)11(16,17)4-19-9(20)7-5(12)2-3-6(18)8(7)13/h2-3H,4,18H2,1H3,(H,19,20). The second-order valence-electron chi connectivity index (χ2n) is 4.10. The van der Waals surface area contributed by atoms with Gasteiger partial charge in [-0.25, -0.2) is 8.78 Å². The number of carbonyl (C=O) groups is 1. The minimum atomic E-state index is -4.40. The fourth-order valence-electron chi connectivity index (χ4n) is 1.21. The normalized spacial score (nSPS) is 12.3. The molecule has 0 fully saturated rings. The maximum Gasteiger partial charge on any atom is 0.326 e. The molecule has 20 heavy (non-hydrogen) atoms. The number of anilines is 1. The molecule has 1 rings (SSSR count). The summed E-state index contributed by atoms with van der Waals surface area (Å²) in [6, 6.07) is 2.56. The predicted octanol–water partition coefficient (Wildman–Crippen LogP) is 3.60. The Morgan fingerprint density at radius 1 is 1.30 bits per heavy atom. The smallest absolute Gasteiger partial charge is 0.326 e. The number of halogens is 6. The zero-order valence-electron chi connectivity index (χ0n) is 10.1. The van der Waals surface area contributed by atoms with Crippen molar-refractivity contribution in [1.82, 2.24) is 5.32 Å². The number of rotatable bonds is 4. The fraction of sp³-hybridized carbons (Fsp3) is 0.364. The van der Waals surface area contributed by atoms with E-state index in [1.807, 2.05) is 0 Å². The quantitative estimate of drug-likeness (QED) is 0.653. The van der Waals surface area contributed by atoms with E-state index in [0.717, 1.165) is 0 Å². The minimum Gasteiger partial charge on any atom is -0.398 e. The Morgan fingerprint density at radius 2 is 1.85 bits per heavy atom. The predicted molar refractivity (Wildman–Crippen MR) is 68.8 cm³/mol. The van der Waals surface area contributed by atoms with Gasteiger partial charge in [0.05, 0.1) is 27.8 Å². The van der Waals surface area contributed by atoms with Crippen LogP contribution in [0.25, 0.3) is 0 Å². The topological polar surface area (TPSA) is 55.1 Å². The summed E-state index contributed by atoms with van der Waals surface area (Å²) < 4.78 is 51.3. The number of benzene rings is 1. The Balaban J connectivity index is 2.92. The van der Waals surface area contributed by atoms with Crippen molar-refractivity contribution in [3.63, 3.8) is 0 Å². The van der Waals surface area contributed by atoms with E-state index in [0.29, 0.717) is 0 Å². The van der Waals surface area contributed by atoms with Gasteiger partial charge in [0.2, 0.25) is 0 Å². The van der Waals surface area contributed by atoms with Crippen molar-refractivity contribution in [1.29, 1.82) is 0 Å². The molecule has 0 spiro atoms. The molecule has 0 aliphatic heterocycles. The molecule has 9 heteroatoms. The molecule has 0 bridgehead atoms. The third-order valence-electron chi connectivity index (χ3n) is 2.46. The van der Waals surface area contributed by atoms with E-state index in [2.05, 4.69) is 0 Å². The van der Waals surface area contributed by atoms with Crippen molar-refractivity contribution >= 4 is 34.8 Å². The Hall–Kier alpha value is -1.21. The molecule has 0 saturated heterocycles. The lowest BCUT2D eigenvalue weighted by atomic mass is 10.1. The van der Waals surface area contributed by atoms with E-state index in [9.17, 15) is 22.4 Å². The summed E-state index contributed by atoms with van der Waals surface area (Å²) in [4.78, 5) is 11.7. The molecule has 0 heterocycles. The van der Waals surface area contributed by atoms with E-state index in [1.54, 1.807) is 5.32 Å². The first-order valence-electron chi connectivity index (χ1n) is 5.24. The Kier molecular flexibility index (Phi) is 4.76. The van der Waals surface area contributed by atoms with Crippen LogP contribution < -0.4 is 11.1 Å². The van der Waals surface area contributed by atoms with Gasteiger partial charge in [-0.1, -0.05) is 23.2 Å². The maximum atomic E-state index is 13.0. The minimum absolute atomic E-state index is 0.00815. The van der Waals surface area contributed by atoms with Crippen LogP contribution in [0.5, 0.6) is 0 Å². The van der Waals surface area contributed by atoms with E-state index in [1.165, 1.54) is 12.1 Å².